The fourth-order valence-corrected chi connectivity index (χ4v) is 9.00. The Hall–Kier alpha value is -2.66. The Labute approximate surface area is 266 Å². The van der Waals surface area contributed by atoms with Crippen molar-refractivity contribution in [3.05, 3.63) is 29.3 Å². The molecule has 10 atom stereocenters. The number of thiol groups is 2. The molecule has 4 saturated heterocycles. The molecule has 4 aromatic rings. The molecule has 8 rings (SSSR count). The highest BCUT2D eigenvalue weighted by molar-refractivity contribution is 8.44. The van der Waals surface area contributed by atoms with E-state index in [2.05, 4.69) is 54.4 Å². The van der Waals surface area contributed by atoms with Gasteiger partial charge in [-0.25, -0.2) is 29.1 Å². The smallest absolute Gasteiger partial charge is 0.386 e. The Kier molecular flexibility index (Phi) is 7.11. The summed E-state index contributed by atoms with van der Waals surface area (Å²) >= 11 is 8.33. The van der Waals surface area contributed by atoms with E-state index in [1.165, 1.54) is 23.5 Å². The molecule has 8 heterocycles. The molecule has 4 aliphatic heterocycles. The van der Waals surface area contributed by atoms with Gasteiger partial charge in [0, 0.05) is 0 Å². The molecule has 246 valence electrons. The highest BCUT2D eigenvalue weighted by atomic mass is 32.7. The summed E-state index contributed by atoms with van der Waals surface area (Å²) in [6, 6.07) is 0. The molecule has 25 heteroatoms. The maximum atomic E-state index is 13.6. The summed E-state index contributed by atoms with van der Waals surface area (Å²) in [4.78, 5) is 35.1. The number of nitrogens with one attached hydrogen (secondary N) is 1. The van der Waals surface area contributed by atoms with Crippen LogP contribution in [0.1, 0.15) is 12.5 Å². The molecule has 4 aliphatic rings. The fourth-order valence-electron chi connectivity index (χ4n) is 5.99. The van der Waals surface area contributed by atoms with Crippen molar-refractivity contribution in [1.29, 1.82) is 0 Å². The minimum absolute atomic E-state index is 0.00786. The van der Waals surface area contributed by atoms with Gasteiger partial charge >= 0.3 is 13.6 Å². The average molecular weight is 719 g/mol. The lowest BCUT2D eigenvalue weighted by Crippen LogP contribution is -2.46. The molecule has 4 fully saturated rings. The number of ether oxygens (including phenoxy) is 3. The number of aliphatic hydroxyl groups excluding tert-OH is 1. The predicted octanol–water partition coefficient (Wildman–Crippen LogP) is -0.0584. The van der Waals surface area contributed by atoms with Crippen molar-refractivity contribution >= 4 is 72.2 Å². The van der Waals surface area contributed by atoms with E-state index in [1.54, 1.807) is 4.57 Å². The van der Waals surface area contributed by atoms with E-state index in [4.69, 9.17) is 43.8 Å². The largest absolute Gasteiger partial charge is 0.386 e. The van der Waals surface area contributed by atoms with Crippen LogP contribution in [0.2, 0.25) is 0 Å². The predicted molar refractivity (Wildman–Crippen MR) is 160 cm³/mol. The number of anilines is 2. The van der Waals surface area contributed by atoms with Gasteiger partial charge < -0.3 is 30.8 Å². The monoisotopic (exact) mass is 718 g/mol. The number of aromatic amines is 1. The SMILES string of the molecule is Nc1nc2c(ncn2[C@@H]2O[C@@H]3CO[P@](=O)(S)O[C@H]4[C@H]5OC[C@]4(CO[P@](=O)(S)O[C@H]3[C@H]2O)O[C@H]5n2cnc3c(N)ncnc32)c(=O)[nH]1. The van der Waals surface area contributed by atoms with Crippen molar-refractivity contribution < 1.29 is 46.5 Å². The first kappa shape index (κ1) is 30.7. The summed E-state index contributed by atoms with van der Waals surface area (Å²) in [5, 5.41) is 11.3. The van der Waals surface area contributed by atoms with Crippen LogP contribution < -0.4 is 17.0 Å². The third-order valence-electron chi connectivity index (χ3n) is 8.04. The normalized spacial score (nSPS) is 39.7. The minimum atomic E-state index is -4.31. The van der Waals surface area contributed by atoms with Gasteiger partial charge in [0.1, 0.15) is 48.0 Å². The molecule has 2 bridgehead atoms. The van der Waals surface area contributed by atoms with Crippen LogP contribution in [0.4, 0.5) is 11.8 Å². The van der Waals surface area contributed by atoms with E-state index < -0.39 is 80.9 Å². The van der Waals surface area contributed by atoms with E-state index in [1.807, 2.05) is 0 Å². The third-order valence-corrected chi connectivity index (χ3v) is 11.2. The molecule has 0 spiro atoms. The summed E-state index contributed by atoms with van der Waals surface area (Å²) in [6.07, 6.45) is -4.65. The molecule has 0 aliphatic carbocycles. The quantitative estimate of drug-likeness (QED) is 0.117. The highest BCUT2D eigenvalue weighted by Crippen LogP contribution is 2.63. The van der Waals surface area contributed by atoms with Crippen molar-refractivity contribution in [1.82, 2.24) is 39.0 Å². The highest BCUT2D eigenvalue weighted by Gasteiger charge is 2.66. The third kappa shape index (κ3) is 4.89. The van der Waals surface area contributed by atoms with Crippen molar-refractivity contribution in [3.8, 4) is 0 Å². The first-order valence-corrected chi connectivity index (χ1v) is 18.8. The summed E-state index contributed by atoms with van der Waals surface area (Å²) in [5.74, 6) is -0.0588. The topological polar surface area (TPSA) is 278 Å². The molecular formula is C21H24N10O11P2S2. The van der Waals surface area contributed by atoms with Gasteiger partial charge in [0.2, 0.25) is 5.95 Å². The van der Waals surface area contributed by atoms with Gasteiger partial charge in [-0.1, -0.05) is 24.5 Å². The van der Waals surface area contributed by atoms with Crippen molar-refractivity contribution in [3.63, 3.8) is 0 Å². The van der Waals surface area contributed by atoms with Crippen LogP contribution in [0.15, 0.2) is 23.8 Å². The lowest BCUT2D eigenvalue weighted by Gasteiger charge is -2.33. The first-order chi connectivity index (χ1) is 21.8. The second-order valence-electron chi connectivity index (χ2n) is 10.9. The van der Waals surface area contributed by atoms with Gasteiger partial charge in [-0.3, -0.25) is 37.0 Å². The second kappa shape index (κ2) is 10.7. The van der Waals surface area contributed by atoms with E-state index in [-0.39, 0.29) is 29.5 Å². The van der Waals surface area contributed by atoms with Crippen LogP contribution in [0, 0.1) is 0 Å². The maximum Gasteiger partial charge on any atom is 0.386 e. The Bertz CT molecular complexity index is 2030. The fraction of sp³-hybridized carbons (Fsp3) is 0.524. The van der Waals surface area contributed by atoms with E-state index in [0.717, 1.165) is 0 Å². The number of nitrogens with zero attached hydrogens (tertiary/aromatic N) is 7. The van der Waals surface area contributed by atoms with Gasteiger partial charge in [0.25, 0.3) is 5.56 Å². The molecule has 0 aromatic carbocycles. The van der Waals surface area contributed by atoms with Gasteiger partial charge in [-0.05, 0) is 0 Å². The maximum absolute atomic E-state index is 13.6. The van der Waals surface area contributed by atoms with Crippen LogP contribution in [-0.4, -0.2) is 100 Å². The van der Waals surface area contributed by atoms with Crippen molar-refractivity contribution in [2.75, 3.05) is 31.3 Å². The molecular weight excluding hydrogens is 694 g/mol. The number of nitrogen functional groups attached to an aromatic ring is 2. The Morgan fingerprint density at radius 3 is 2.50 bits per heavy atom. The van der Waals surface area contributed by atoms with Crippen LogP contribution in [0.5, 0.6) is 0 Å². The van der Waals surface area contributed by atoms with E-state index >= 15 is 0 Å². The number of hydrogen-bond acceptors (Lipinski definition) is 18. The number of rotatable bonds is 2. The molecule has 46 heavy (non-hydrogen) atoms. The van der Waals surface area contributed by atoms with E-state index in [0.29, 0.717) is 11.2 Å². The molecule has 6 N–H and O–H groups in total. The number of hydrogen-bond donors (Lipinski definition) is 6. The number of imidazole rings is 2. The van der Waals surface area contributed by atoms with E-state index in [9.17, 15) is 19.0 Å². The molecule has 4 aromatic heterocycles. The summed E-state index contributed by atoms with van der Waals surface area (Å²) in [5.41, 5.74) is 10.1. The lowest BCUT2D eigenvalue weighted by molar-refractivity contribution is -0.183. The van der Waals surface area contributed by atoms with Gasteiger partial charge in [-0.15, -0.1) is 0 Å². The number of nitrogens with two attached hydrogens (primary N) is 2. The Morgan fingerprint density at radius 2 is 1.70 bits per heavy atom. The molecule has 0 radical (unpaired) electrons. The Morgan fingerprint density at radius 1 is 0.957 bits per heavy atom. The van der Waals surface area contributed by atoms with Crippen LogP contribution in [0.3, 0.4) is 0 Å². The van der Waals surface area contributed by atoms with Crippen molar-refractivity contribution in [2.24, 2.45) is 0 Å². The summed E-state index contributed by atoms with van der Waals surface area (Å²) in [6.45, 7) is -9.69. The second-order valence-corrected chi connectivity index (χ2v) is 16.6. The zero-order valence-corrected chi connectivity index (χ0v) is 26.6. The van der Waals surface area contributed by atoms with Crippen LogP contribution >= 0.6 is 38.1 Å². The van der Waals surface area contributed by atoms with Gasteiger partial charge in [0.15, 0.2) is 35.1 Å². The lowest BCUT2D eigenvalue weighted by atomic mass is 10.0. The molecule has 0 amide bonds. The molecule has 0 saturated carbocycles. The summed E-state index contributed by atoms with van der Waals surface area (Å²) in [7, 11) is 0. The van der Waals surface area contributed by atoms with Crippen LogP contribution in [-0.2, 0) is 41.4 Å². The Balaban J connectivity index is 1.10. The number of aliphatic hydroxyl groups is 1. The number of H-pyrrole nitrogens is 1. The molecule has 0 unspecified atom stereocenters. The molecule has 21 nitrogen and oxygen atoms in total. The summed E-state index contributed by atoms with van der Waals surface area (Å²) < 4.78 is 71.3. The minimum Gasteiger partial charge on any atom is -0.386 e. The number of aromatic nitrogens is 8. The zero-order chi connectivity index (χ0) is 32.2. The number of fused-ring (bicyclic) bond motifs is 3. The standard InChI is InChI=1S/C21H24N10O11P2S2/c22-14-8-15(25-4-24-14)30(5-26-8)19-12-13-21(40-19,2-36-12)3-38-44(35,46)41-11-7(1-37-43(34,45)42-13)39-18(10(11)32)31-6-27-9-16(31)28-20(23)29-17(9)33/h4-7,10-13,18-19,32H,1-3H2,(H,34,45)(H,35,46)(H2,22,24,25)(H3,23,28,29,33)/t7-,10-,11-,12-,13+,18-,19-,21-,43+,44+/m1/s1. The van der Waals surface area contributed by atoms with Crippen LogP contribution in [0.25, 0.3) is 22.3 Å². The zero-order valence-electron chi connectivity index (χ0n) is 23.0. The van der Waals surface area contributed by atoms with Crippen molar-refractivity contribution in [2.45, 2.75) is 48.6 Å². The first-order valence-electron chi connectivity index (χ1n) is 13.4. The van der Waals surface area contributed by atoms with Gasteiger partial charge in [0.05, 0.1) is 32.5 Å². The average Bonchev–Trinajstić information content (AvgIpc) is 3.80. The van der Waals surface area contributed by atoms with Gasteiger partial charge in [-0.2, -0.15) is 4.98 Å².